The summed E-state index contributed by atoms with van der Waals surface area (Å²) < 4.78 is 5.80. The first-order valence-electron chi connectivity index (χ1n) is 10.3. The highest BCUT2D eigenvalue weighted by atomic mass is 16.5. The SMILES string of the molecule is CCC(=O)N(Cc1ccccc1)Cc1c(-c2ccccc2)noc1N(CC)CC. The summed E-state index contributed by atoms with van der Waals surface area (Å²) in [6.45, 7) is 8.73. The smallest absolute Gasteiger partial charge is 0.232 e. The average molecular weight is 392 g/mol. The average Bonchev–Trinajstić information content (AvgIpc) is 3.18. The molecule has 2 aromatic carbocycles. The number of aromatic nitrogens is 1. The van der Waals surface area contributed by atoms with Gasteiger partial charge >= 0.3 is 0 Å². The Bertz CT molecular complexity index is 902. The Balaban J connectivity index is 2.01. The van der Waals surface area contributed by atoms with E-state index < -0.39 is 0 Å². The molecule has 1 heterocycles. The molecule has 1 amide bonds. The highest BCUT2D eigenvalue weighted by molar-refractivity contribution is 5.77. The summed E-state index contributed by atoms with van der Waals surface area (Å²) in [6.07, 6.45) is 0.458. The Hall–Kier alpha value is -3.08. The lowest BCUT2D eigenvalue weighted by atomic mass is 10.1. The second-order valence-corrected chi connectivity index (χ2v) is 6.94. The third-order valence-electron chi connectivity index (χ3n) is 5.09. The minimum Gasteiger partial charge on any atom is -0.341 e. The Labute approximate surface area is 172 Å². The first-order valence-corrected chi connectivity index (χ1v) is 10.3. The molecule has 0 aliphatic heterocycles. The van der Waals surface area contributed by atoms with Gasteiger partial charge in [0.05, 0.1) is 12.1 Å². The minimum atomic E-state index is 0.111. The van der Waals surface area contributed by atoms with Crippen molar-refractivity contribution >= 4 is 11.8 Å². The fourth-order valence-corrected chi connectivity index (χ4v) is 3.48. The van der Waals surface area contributed by atoms with Crippen molar-refractivity contribution in [3.8, 4) is 11.3 Å². The number of benzene rings is 2. The lowest BCUT2D eigenvalue weighted by molar-refractivity contribution is -0.132. The van der Waals surface area contributed by atoms with Crippen LogP contribution in [-0.4, -0.2) is 29.1 Å². The third-order valence-corrected chi connectivity index (χ3v) is 5.09. The number of hydrogen-bond acceptors (Lipinski definition) is 4. The number of amides is 1. The highest BCUT2D eigenvalue weighted by Crippen LogP contribution is 2.33. The number of anilines is 1. The van der Waals surface area contributed by atoms with Crippen molar-refractivity contribution in [2.75, 3.05) is 18.0 Å². The molecule has 0 saturated carbocycles. The summed E-state index contributed by atoms with van der Waals surface area (Å²) in [7, 11) is 0. The van der Waals surface area contributed by atoms with E-state index in [4.69, 9.17) is 4.52 Å². The summed E-state index contributed by atoms with van der Waals surface area (Å²) in [4.78, 5) is 16.8. The van der Waals surface area contributed by atoms with Crippen molar-refractivity contribution in [3.63, 3.8) is 0 Å². The monoisotopic (exact) mass is 391 g/mol. The van der Waals surface area contributed by atoms with Gasteiger partial charge in [0, 0.05) is 31.6 Å². The molecule has 0 saturated heterocycles. The van der Waals surface area contributed by atoms with E-state index in [1.54, 1.807) is 0 Å². The molecular formula is C24H29N3O2. The zero-order chi connectivity index (χ0) is 20.6. The van der Waals surface area contributed by atoms with Crippen molar-refractivity contribution < 1.29 is 9.32 Å². The molecule has 0 aliphatic rings. The minimum absolute atomic E-state index is 0.111. The van der Waals surface area contributed by atoms with Crippen molar-refractivity contribution in [2.24, 2.45) is 0 Å². The van der Waals surface area contributed by atoms with Crippen molar-refractivity contribution in [2.45, 2.75) is 40.3 Å². The third kappa shape index (κ3) is 4.86. The summed E-state index contributed by atoms with van der Waals surface area (Å²) in [5.41, 5.74) is 3.86. The van der Waals surface area contributed by atoms with Crippen molar-refractivity contribution in [1.29, 1.82) is 0 Å². The van der Waals surface area contributed by atoms with E-state index in [0.29, 0.717) is 19.5 Å². The van der Waals surface area contributed by atoms with Crippen LogP contribution in [0, 0.1) is 0 Å². The van der Waals surface area contributed by atoms with E-state index in [-0.39, 0.29) is 5.91 Å². The first-order chi connectivity index (χ1) is 14.2. The summed E-state index contributed by atoms with van der Waals surface area (Å²) in [5.74, 6) is 0.857. The quantitative estimate of drug-likeness (QED) is 0.508. The normalized spacial score (nSPS) is 10.7. The molecule has 0 N–H and O–H groups in total. The molecule has 3 aromatic rings. The van der Waals surface area contributed by atoms with Gasteiger partial charge in [-0.3, -0.25) is 4.79 Å². The Morgan fingerprint density at radius 2 is 1.52 bits per heavy atom. The number of hydrogen-bond donors (Lipinski definition) is 0. The van der Waals surface area contributed by atoms with Crippen LogP contribution in [0.4, 0.5) is 5.88 Å². The van der Waals surface area contributed by atoms with Gasteiger partial charge in [-0.05, 0) is 19.4 Å². The van der Waals surface area contributed by atoms with Crippen LogP contribution in [0.25, 0.3) is 11.3 Å². The molecule has 0 atom stereocenters. The predicted octanol–water partition coefficient (Wildman–Crippen LogP) is 5.13. The van der Waals surface area contributed by atoms with E-state index in [1.165, 1.54) is 0 Å². The summed E-state index contributed by atoms with van der Waals surface area (Å²) in [5, 5.41) is 4.39. The molecule has 152 valence electrons. The van der Waals surface area contributed by atoms with Crippen LogP contribution in [0.2, 0.25) is 0 Å². The zero-order valence-electron chi connectivity index (χ0n) is 17.5. The molecule has 0 radical (unpaired) electrons. The second kappa shape index (κ2) is 9.92. The topological polar surface area (TPSA) is 49.6 Å². The maximum absolute atomic E-state index is 12.8. The molecule has 0 bridgehead atoms. The molecule has 0 spiro atoms. The van der Waals surface area contributed by atoms with E-state index in [2.05, 4.69) is 23.9 Å². The van der Waals surface area contributed by atoms with Crippen LogP contribution < -0.4 is 4.90 Å². The van der Waals surface area contributed by atoms with Gasteiger partial charge in [0.1, 0.15) is 5.69 Å². The second-order valence-electron chi connectivity index (χ2n) is 6.94. The first kappa shape index (κ1) is 20.6. The molecule has 29 heavy (non-hydrogen) atoms. The van der Waals surface area contributed by atoms with Gasteiger partial charge < -0.3 is 14.3 Å². The maximum atomic E-state index is 12.8. The van der Waals surface area contributed by atoms with Crippen LogP contribution in [0.3, 0.4) is 0 Å². The Kier molecular flexibility index (Phi) is 7.06. The van der Waals surface area contributed by atoms with Gasteiger partial charge in [0.25, 0.3) is 0 Å². The zero-order valence-corrected chi connectivity index (χ0v) is 17.5. The predicted molar refractivity (Wildman–Crippen MR) is 116 cm³/mol. The maximum Gasteiger partial charge on any atom is 0.232 e. The highest BCUT2D eigenvalue weighted by Gasteiger charge is 2.25. The van der Waals surface area contributed by atoms with Gasteiger partial charge in [-0.2, -0.15) is 0 Å². The van der Waals surface area contributed by atoms with Crippen molar-refractivity contribution in [1.82, 2.24) is 10.1 Å². The standard InChI is InChI=1S/C24H29N3O2/c1-4-22(28)27(17-19-13-9-7-10-14-19)18-21-23(20-15-11-8-12-16-20)25-29-24(21)26(5-2)6-3/h7-16H,4-6,17-18H2,1-3H3. The number of carbonyl (C=O) groups excluding carboxylic acids is 1. The number of carbonyl (C=O) groups is 1. The molecule has 0 aliphatic carbocycles. The van der Waals surface area contributed by atoms with Gasteiger partial charge in [0.2, 0.25) is 11.8 Å². The van der Waals surface area contributed by atoms with Crippen LogP contribution in [0.15, 0.2) is 65.2 Å². The number of rotatable bonds is 9. The van der Waals surface area contributed by atoms with Crippen LogP contribution in [0.1, 0.15) is 38.3 Å². The molecule has 3 rings (SSSR count). The van der Waals surface area contributed by atoms with Crippen LogP contribution in [0.5, 0.6) is 0 Å². The molecule has 0 fully saturated rings. The summed E-state index contributed by atoms with van der Waals surface area (Å²) >= 11 is 0. The van der Waals surface area contributed by atoms with Crippen LogP contribution in [-0.2, 0) is 17.9 Å². The Morgan fingerprint density at radius 3 is 2.10 bits per heavy atom. The van der Waals surface area contributed by atoms with Gasteiger partial charge in [-0.1, -0.05) is 72.7 Å². The number of nitrogens with zero attached hydrogens (tertiary/aromatic N) is 3. The largest absolute Gasteiger partial charge is 0.341 e. The molecule has 1 aromatic heterocycles. The molecule has 0 unspecified atom stereocenters. The van der Waals surface area contributed by atoms with E-state index in [0.717, 1.165) is 41.4 Å². The molecular weight excluding hydrogens is 362 g/mol. The van der Waals surface area contributed by atoms with Gasteiger partial charge in [0.15, 0.2) is 0 Å². The lowest BCUT2D eigenvalue weighted by Crippen LogP contribution is -2.31. The fraction of sp³-hybridized carbons (Fsp3) is 0.333. The fourth-order valence-electron chi connectivity index (χ4n) is 3.48. The van der Waals surface area contributed by atoms with Crippen LogP contribution >= 0.6 is 0 Å². The molecule has 5 heteroatoms. The van der Waals surface area contributed by atoms with E-state index >= 15 is 0 Å². The Morgan fingerprint density at radius 1 is 0.897 bits per heavy atom. The van der Waals surface area contributed by atoms with E-state index in [1.807, 2.05) is 72.5 Å². The van der Waals surface area contributed by atoms with E-state index in [9.17, 15) is 4.79 Å². The molecule has 5 nitrogen and oxygen atoms in total. The lowest BCUT2D eigenvalue weighted by Gasteiger charge is -2.25. The van der Waals surface area contributed by atoms with Crippen molar-refractivity contribution in [3.05, 3.63) is 71.8 Å². The van der Waals surface area contributed by atoms with Gasteiger partial charge in [-0.25, -0.2) is 0 Å². The van der Waals surface area contributed by atoms with Gasteiger partial charge in [-0.15, -0.1) is 0 Å². The summed E-state index contributed by atoms with van der Waals surface area (Å²) in [6, 6.07) is 20.1.